The van der Waals surface area contributed by atoms with Crippen molar-refractivity contribution in [1.82, 2.24) is 34.8 Å². The highest BCUT2D eigenvalue weighted by Crippen LogP contribution is 2.19. The monoisotopic (exact) mass is 378 g/mol. The van der Waals surface area contributed by atoms with E-state index in [-0.39, 0.29) is 19.1 Å². The van der Waals surface area contributed by atoms with Crippen molar-refractivity contribution in [3.63, 3.8) is 0 Å². The van der Waals surface area contributed by atoms with Gasteiger partial charge in [0.05, 0.1) is 35.8 Å². The van der Waals surface area contributed by atoms with Crippen molar-refractivity contribution in [3.8, 4) is 5.69 Å². The molecule has 3 aromatic heterocycles. The van der Waals surface area contributed by atoms with Crippen LogP contribution >= 0.6 is 0 Å². The molecule has 0 aliphatic carbocycles. The Kier molecular flexibility index (Phi) is 4.68. The van der Waals surface area contributed by atoms with Gasteiger partial charge in [-0.25, -0.2) is 9.67 Å². The summed E-state index contributed by atoms with van der Waals surface area (Å²) < 4.78 is 3.33. The molecule has 3 N–H and O–H groups in total. The van der Waals surface area contributed by atoms with Gasteiger partial charge in [0.25, 0.3) is 5.91 Å². The van der Waals surface area contributed by atoms with Crippen LogP contribution in [0.25, 0.3) is 16.7 Å². The molecule has 0 saturated carbocycles. The molecule has 0 radical (unpaired) electrons. The Morgan fingerprint density at radius 1 is 1.21 bits per heavy atom. The van der Waals surface area contributed by atoms with Crippen LogP contribution in [-0.2, 0) is 7.05 Å². The second-order valence-electron chi connectivity index (χ2n) is 6.09. The molecule has 0 fully saturated rings. The van der Waals surface area contributed by atoms with Crippen molar-refractivity contribution in [2.45, 2.75) is 0 Å². The van der Waals surface area contributed by atoms with Crippen LogP contribution in [-0.4, -0.2) is 53.7 Å². The van der Waals surface area contributed by atoms with Gasteiger partial charge < -0.3 is 15.7 Å². The first-order valence-electron chi connectivity index (χ1n) is 8.60. The van der Waals surface area contributed by atoms with E-state index >= 15 is 0 Å². The number of aromatic nitrogens is 6. The Morgan fingerprint density at radius 3 is 2.89 bits per heavy atom. The predicted molar refractivity (Wildman–Crippen MR) is 103 cm³/mol. The SMILES string of the molecule is Cn1cc(Nc2ncc3cnn(-c4cccc(C(=O)NCCO)c4)c3n2)cn1. The number of nitrogens with zero attached hydrogens (tertiary/aromatic N) is 6. The Bertz CT molecular complexity index is 1130. The number of aliphatic hydroxyl groups is 1. The molecule has 28 heavy (non-hydrogen) atoms. The molecule has 10 heteroatoms. The number of anilines is 2. The molecule has 142 valence electrons. The maximum Gasteiger partial charge on any atom is 0.251 e. The molecule has 4 aromatic rings. The minimum absolute atomic E-state index is 0.112. The molecule has 0 spiro atoms. The molecule has 0 bridgehead atoms. The molecule has 0 saturated heterocycles. The number of carbonyl (C=O) groups is 1. The van der Waals surface area contributed by atoms with Gasteiger partial charge in [0.2, 0.25) is 5.95 Å². The lowest BCUT2D eigenvalue weighted by Crippen LogP contribution is -2.26. The summed E-state index contributed by atoms with van der Waals surface area (Å²) in [7, 11) is 1.83. The molecule has 4 rings (SSSR count). The molecule has 0 aliphatic heterocycles. The van der Waals surface area contributed by atoms with Gasteiger partial charge in [-0.2, -0.15) is 15.2 Å². The van der Waals surface area contributed by atoms with E-state index in [0.717, 1.165) is 11.1 Å². The number of hydrogen-bond acceptors (Lipinski definition) is 7. The van der Waals surface area contributed by atoms with E-state index in [9.17, 15) is 4.79 Å². The van der Waals surface area contributed by atoms with Gasteiger partial charge >= 0.3 is 0 Å². The normalized spacial score (nSPS) is 10.9. The lowest BCUT2D eigenvalue weighted by atomic mass is 10.2. The predicted octanol–water partition coefficient (Wildman–Crippen LogP) is 1.01. The fraction of sp³-hybridized carbons (Fsp3) is 0.167. The first kappa shape index (κ1) is 17.6. The van der Waals surface area contributed by atoms with Gasteiger partial charge in [0, 0.05) is 31.5 Å². The molecule has 0 unspecified atom stereocenters. The number of aryl methyl sites for hydroxylation is 1. The number of benzene rings is 1. The number of nitrogens with one attached hydrogen (secondary N) is 2. The molecule has 1 amide bonds. The highest BCUT2D eigenvalue weighted by molar-refractivity contribution is 5.94. The number of aliphatic hydroxyl groups excluding tert-OH is 1. The van der Waals surface area contributed by atoms with Crippen LogP contribution in [0.15, 0.2) is 49.1 Å². The van der Waals surface area contributed by atoms with Gasteiger partial charge in [-0.05, 0) is 18.2 Å². The van der Waals surface area contributed by atoms with Crippen LogP contribution in [0.3, 0.4) is 0 Å². The van der Waals surface area contributed by atoms with Crippen LogP contribution < -0.4 is 10.6 Å². The average Bonchev–Trinajstić information content (AvgIpc) is 3.32. The first-order chi connectivity index (χ1) is 13.6. The second-order valence-corrected chi connectivity index (χ2v) is 6.09. The summed E-state index contributed by atoms with van der Waals surface area (Å²) >= 11 is 0. The Labute approximate surface area is 159 Å². The average molecular weight is 378 g/mol. The lowest BCUT2D eigenvalue weighted by molar-refractivity contribution is 0.0944. The van der Waals surface area contributed by atoms with Crippen LogP contribution in [0.4, 0.5) is 11.6 Å². The number of amides is 1. The Hall–Kier alpha value is -3.79. The summed E-state index contributed by atoms with van der Waals surface area (Å²) in [5.74, 6) is 0.153. The Balaban J connectivity index is 1.67. The van der Waals surface area contributed by atoms with Crippen molar-refractivity contribution in [3.05, 3.63) is 54.6 Å². The summed E-state index contributed by atoms with van der Waals surface area (Å²) in [6.07, 6.45) is 6.85. The van der Waals surface area contributed by atoms with E-state index in [4.69, 9.17) is 5.11 Å². The summed E-state index contributed by atoms with van der Waals surface area (Å²) in [4.78, 5) is 21.0. The fourth-order valence-corrected chi connectivity index (χ4v) is 2.73. The van der Waals surface area contributed by atoms with Gasteiger partial charge in [-0.3, -0.25) is 9.48 Å². The van der Waals surface area contributed by atoms with Crippen molar-refractivity contribution < 1.29 is 9.90 Å². The second kappa shape index (κ2) is 7.45. The molecule has 10 nitrogen and oxygen atoms in total. The van der Waals surface area contributed by atoms with Gasteiger partial charge in [0.15, 0.2) is 5.65 Å². The third kappa shape index (κ3) is 3.53. The smallest absolute Gasteiger partial charge is 0.251 e. The van der Waals surface area contributed by atoms with Gasteiger partial charge in [-0.15, -0.1) is 0 Å². The van der Waals surface area contributed by atoms with E-state index in [1.807, 2.05) is 19.3 Å². The number of hydrogen-bond donors (Lipinski definition) is 3. The van der Waals surface area contributed by atoms with E-state index < -0.39 is 0 Å². The zero-order valence-corrected chi connectivity index (χ0v) is 15.1. The summed E-state index contributed by atoms with van der Waals surface area (Å²) in [6.45, 7) is 0.0865. The lowest BCUT2D eigenvalue weighted by Gasteiger charge is -2.07. The number of rotatable bonds is 6. The van der Waals surface area contributed by atoms with Gasteiger partial charge in [-0.1, -0.05) is 6.07 Å². The highest BCUT2D eigenvalue weighted by Gasteiger charge is 2.12. The minimum Gasteiger partial charge on any atom is -0.395 e. The zero-order chi connectivity index (χ0) is 19.5. The molecule has 0 aliphatic rings. The third-order valence-electron chi connectivity index (χ3n) is 4.02. The summed E-state index contributed by atoms with van der Waals surface area (Å²) in [6, 6.07) is 7.03. The van der Waals surface area contributed by atoms with Crippen molar-refractivity contribution >= 4 is 28.6 Å². The highest BCUT2D eigenvalue weighted by atomic mass is 16.3. The maximum atomic E-state index is 12.2. The van der Waals surface area contributed by atoms with E-state index in [2.05, 4.69) is 30.8 Å². The molecule has 0 atom stereocenters. The summed E-state index contributed by atoms with van der Waals surface area (Å²) in [5.41, 5.74) is 2.54. The molecule has 1 aromatic carbocycles. The molecule has 3 heterocycles. The van der Waals surface area contributed by atoms with Crippen molar-refractivity contribution in [2.75, 3.05) is 18.5 Å². The molecular formula is C18H18N8O2. The van der Waals surface area contributed by atoms with E-state index in [0.29, 0.717) is 22.8 Å². The molecular weight excluding hydrogens is 360 g/mol. The first-order valence-corrected chi connectivity index (χ1v) is 8.60. The minimum atomic E-state index is -0.263. The number of fused-ring (bicyclic) bond motifs is 1. The maximum absolute atomic E-state index is 12.2. The quantitative estimate of drug-likeness (QED) is 0.458. The topological polar surface area (TPSA) is 123 Å². The van der Waals surface area contributed by atoms with Crippen molar-refractivity contribution in [2.24, 2.45) is 7.05 Å². The third-order valence-corrected chi connectivity index (χ3v) is 4.02. The Morgan fingerprint density at radius 2 is 2.11 bits per heavy atom. The van der Waals surface area contributed by atoms with E-state index in [1.165, 1.54) is 0 Å². The van der Waals surface area contributed by atoms with Crippen LogP contribution in [0.1, 0.15) is 10.4 Å². The fourth-order valence-electron chi connectivity index (χ4n) is 2.73. The van der Waals surface area contributed by atoms with Crippen LogP contribution in [0.2, 0.25) is 0 Å². The largest absolute Gasteiger partial charge is 0.395 e. The number of carbonyl (C=O) groups excluding carboxylic acids is 1. The summed E-state index contributed by atoms with van der Waals surface area (Å²) in [5, 5.41) is 23.9. The van der Waals surface area contributed by atoms with Crippen molar-refractivity contribution in [1.29, 1.82) is 0 Å². The van der Waals surface area contributed by atoms with E-state index in [1.54, 1.807) is 46.2 Å². The zero-order valence-electron chi connectivity index (χ0n) is 15.1. The van der Waals surface area contributed by atoms with Gasteiger partial charge in [0.1, 0.15) is 0 Å². The van der Waals surface area contributed by atoms with Crippen LogP contribution in [0.5, 0.6) is 0 Å². The standard InChI is InChI=1S/C18H18N8O2/c1-25-11-14(10-21-25)23-18-20-8-13-9-22-26(16(13)24-18)15-4-2-3-12(7-15)17(28)19-5-6-27/h2-4,7-11,27H,5-6H2,1H3,(H,19,28)(H,20,23,24). The van der Waals surface area contributed by atoms with Crippen LogP contribution in [0, 0.1) is 0 Å².